The molecule has 3 nitrogen and oxygen atoms in total. The van der Waals surface area contributed by atoms with E-state index in [2.05, 4.69) is 21.2 Å². The summed E-state index contributed by atoms with van der Waals surface area (Å²) in [5.74, 6) is -0.0480. The Morgan fingerprint density at radius 2 is 2.06 bits per heavy atom. The summed E-state index contributed by atoms with van der Waals surface area (Å²) in [6.07, 6.45) is 3.50. The van der Waals surface area contributed by atoms with Crippen molar-refractivity contribution in [3.8, 4) is 0 Å². The van der Waals surface area contributed by atoms with Gasteiger partial charge in [0, 0.05) is 16.6 Å². The fourth-order valence-corrected chi connectivity index (χ4v) is 2.70. The number of thiophene rings is 1. The average Bonchev–Trinajstić information content (AvgIpc) is 2.78. The molecule has 0 aromatic carbocycles. The van der Waals surface area contributed by atoms with Crippen LogP contribution in [0.4, 0.5) is 0 Å². The first kappa shape index (κ1) is 15.4. The third-order valence-corrected chi connectivity index (χ3v) is 4.10. The molecular weight excluding hydrogens is 314 g/mol. The van der Waals surface area contributed by atoms with E-state index in [1.165, 1.54) is 11.3 Å². The van der Waals surface area contributed by atoms with Crippen molar-refractivity contribution in [2.75, 3.05) is 11.9 Å². The van der Waals surface area contributed by atoms with E-state index >= 15 is 0 Å². The highest BCUT2D eigenvalue weighted by Gasteiger charge is 2.09. The van der Waals surface area contributed by atoms with Gasteiger partial charge in [-0.3, -0.25) is 9.59 Å². The first-order valence-corrected chi connectivity index (χ1v) is 7.99. The first-order chi connectivity index (χ1) is 8.63. The van der Waals surface area contributed by atoms with Gasteiger partial charge in [0.2, 0.25) is 5.91 Å². The predicted octanol–water partition coefficient (Wildman–Crippen LogP) is 3.31. The lowest BCUT2D eigenvalue weighted by atomic mass is 10.2. The SMILES string of the molecule is Cc1ccc(C(=O)CNC(=O)CCCCCBr)s1. The number of aryl methyl sites for hydroxylation is 1. The number of hydrogen-bond acceptors (Lipinski definition) is 3. The second-order valence-electron chi connectivity index (χ2n) is 4.11. The second kappa shape index (κ2) is 8.43. The second-order valence-corrected chi connectivity index (χ2v) is 6.19. The van der Waals surface area contributed by atoms with E-state index in [4.69, 9.17) is 0 Å². The monoisotopic (exact) mass is 331 g/mol. The zero-order valence-corrected chi connectivity index (χ0v) is 12.9. The molecule has 1 aromatic rings. The number of amides is 1. The number of unbranched alkanes of at least 4 members (excludes halogenated alkanes) is 2. The first-order valence-electron chi connectivity index (χ1n) is 6.06. The molecule has 0 saturated carbocycles. The summed E-state index contributed by atoms with van der Waals surface area (Å²) in [6, 6.07) is 3.73. The molecule has 1 rings (SSSR count). The van der Waals surface area contributed by atoms with E-state index in [1.807, 2.05) is 19.1 Å². The van der Waals surface area contributed by atoms with E-state index < -0.39 is 0 Å². The molecule has 0 spiro atoms. The van der Waals surface area contributed by atoms with E-state index in [0.29, 0.717) is 11.3 Å². The summed E-state index contributed by atoms with van der Waals surface area (Å²) in [6.45, 7) is 2.07. The Balaban J connectivity index is 2.20. The minimum atomic E-state index is -0.0359. The summed E-state index contributed by atoms with van der Waals surface area (Å²) >= 11 is 4.82. The molecule has 18 heavy (non-hydrogen) atoms. The number of carbonyl (C=O) groups excluding carboxylic acids is 2. The normalized spacial score (nSPS) is 10.3. The van der Waals surface area contributed by atoms with Crippen molar-refractivity contribution in [3.05, 3.63) is 21.9 Å². The molecule has 1 heterocycles. The number of alkyl halides is 1. The van der Waals surface area contributed by atoms with Crippen LogP contribution in [0.2, 0.25) is 0 Å². The maximum atomic E-state index is 11.7. The Kier molecular flexibility index (Phi) is 7.20. The largest absolute Gasteiger partial charge is 0.349 e. The number of Topliss-reactive ketones (excluding diaryl/α,β-unsaturated/α-hetero) is 1. The zero-order valence-electron chi connectivity index (χ0n) is 10.5. The summed E-state index contributed by atoms with van der Waals surface area (Å²) in [5, 5.41) is 3.65. The predicted molar refractivity (Wildman–Crippen MR) is 78.7 cm³/mol. The van der Waals surface area contributed by atoms with Crippen LogP contribution in [0.1, 0.15) is 40.2 Å². The van der Waals surface area contributed by atoms with Gasteiger partial charge in [-0.2, -0.15) is 0 Å². The summed E-state index contributed by atoms with van der Waals surface area (Å²) in [5.41, 5.74) is 0. The van der Waals surface area contributed by atoms with Crippen molar-refractivity contribution < 1.29 is 9.59 Å². The van der Waals surface area contributed by atoms with Gasteiger partial charge in [-0.25, -0.2) is 0 Å². The highest BCUT2D eigenvalue weighted by atomic mass is 79.9. The molecule has 100 valence electrons. The number of carbonyl (C=O) groups is 2. The Labute approximate surface area is 120 Å². The van der Waals surface area contributed by atoms with Crippen LogP contribution >= 0.6 is 27.3 Å². The smallest absolute Gasteiger partial charge is 0.220 e. The molecule has 0 atom stereocenters. The molecule has 1 aromatic heterocycles. The molecule has 5 heteroatoms. The Bertz CT molecular complexity index is 403. The van der Waals surface area contributed by atoms with Crippen LogP contribution in [0.15, 0.2) is 12.1 Å². The summed E-state index contributed by atoms with van der Waals surface area (Å²) in [7, 11) is 0. The van der Waals surface area contributed by atoms with Crippen LogP contribution in [0.25, 0.3) is 0 Å². The van der Waals surface area contributed by atoms with Gasteiger partial charge in [-0.05, 0) is 31.9 Å². The van der Waals surface area contributed by atoms with Crippen LogP contribution in [0.5, 0.6) is 0 Å². The molecule has 0 radical (unpaired) electrons. The number of ketones is 1. The molecule has 0 bridgehead atoms. The lowest BCUT2D eigenvalue weighted by molar-refractivity contribution is -0.121. The number of nitrogens with one attached hydrogen (secondary N) is 1. The minimum absolute atomic E-state index is 0.0121. The standard InChI is InChI=1S/C13H18BrNO2S/c1-10-6-7-12(18-10)11(16)9-15-13(17)5-3-2-4-8-14/h6-7H,2-5,8-9H2,1H3,(H,15,17). The lowest BCUT2D eigenvalue weighted by Gasteiger charge is -2.03. The third-order valence-electron chi connectivity index (χ3n) is 2.50. The van der Waals surface area contributed by atoms with Crippen LogP contribution < -0.4 is 5.32 Å². The van der Waals surface area contributed by atoms with Crippen molar-refractivity contribution in [2.45, 2.75) is 32.6 Å². The molecule has 0 aliphatic carbocycles. The van der Waals surface area contributed by atoms with Crippen LogP contribution in [-0.2, 0) is 4.79 Å². The van der Waals surface area contributed by atoms with Gasteiger partial charge in [-0.15, -0.1) is 11.3 Å². The molecule has 0 aliphatic rings. The fraction of sp³-hybridized carbons (Fsp3) is 0.538. The number of halogens is 1. The maximum Gasteiger partial charge on any atom is 0.220 e. The van der Waals surface area contributed by atoms with Gasteiger partial charge in [0.15, 0.2) is 5.78 Å². The van der Waals surface area contributed by atoms with Crippen molar-refractivity contribution in [1.29, 1.82) is 0 Å². The van der Waals surface area contributed by atoms with Gasteiger partial charge < -0.3 is 5.32 Å². The highest BCUT2D eigenvalue weighted by Crippen LogP contribution is 2.15. The average molecular weight is 332 g/mol. The van der Waals surface area contributed by atoms with Crippen molar-refractivity contribution in [2.24, 2.45) is 0 Å². The fourth-order valence-electron chi connectivity index (χ4n) is 1.50. The minimum Gasteiger partial charge on any atom is -0.349 e. The van der Waals surface area contributed by atoms with Gasteiger partial charge in [-0.1, -0.05) is 22.4 Å². The van der Waals surface area contributed by atoms with Crippen molar-refractivity contribution in [3.63, 3.8) is 0 Å². The van der Waals surface area contributed by atoms with Crippen molar-refractivity contribution >= 4 is 39.0 Å². The molecule has 0 aliphatic heterocycles. The van der Waals surface area contributed by atoms with Gasteiger partial charge in [0.1, 0.15) is 0 Å². The summed E-state index contributed by atoms with van der Waals surface area (Å²) < 4.78 is 0. The van der Waals surface area contributed by atoms with E-state index in [0.717, 1.165) is 29.5 Å². The van der Waals surface area contributed by atoms with Crippen LogP contribution in [-0.4, -0.2) is 23.6 Å². The number of hydrogen-bond donors (Lipinski definition) is 1. The molecule has 0 fully saturated rings. The third kappa shape index (κ3) is 5.78. The van der Waals surface area contributed by atoms with E-state index in [9.17, 15) is 9.59 Å². The Hall–Kier alpha value is -0.680. The molecule has 0 unspecified atom stereocenters. The van der Waals surface area contributed by atoms with Crippen LogP contribution in [0.3, 0.4) is 0 Å². The highest BCUT2D eigenvalue weighted by molar-refractivity contribution is 9.09. The molecule has 1 amide bonds. The maximum absolute atomic E-state index is 11.7. The zero-order chi connectivity index (χ0) is 13.4. The van der Waals surface area contributed by atoms with Gasteiger partial charge in [0.05, 0.1) is 11.4 Å². The molecular formula is C13H18BrNO2S. The van der Waals surface area contributed by atoms with Gasteiger partial charge in [0.25, 0.3) is 0 Å². The number of rotatable bonds is 8. The Morgan fingerprint density at radius 3 is 2.67 bits per heavy atom. The molecule has 0 saturated heterocycles. The quantitative estimate of drug-likeness (QED) is 0.451. The summed E-state index contributed by atoms with van der Waals surface area (Å²) in [4.78, 5) is 25.0. The van der Waals surface area contributed by atoms with E-state index in [1.54, 1.807) is 0 Å². The Morgan fingerprint density at radius 1 is 1.28 bits per heavy atom. The van der Waals surface area contributed by atoms with Gasteiger partial charge >= 0.3 is 0 Å². The lowest BCUT2D eigenvalue weighted by Crippen LogP contribution is -2.28. The van der Waals surface area contributed by atoms with Crippen LogP contribution in [0, 0.1) is 6.92 Å². The van der Waals surface area contributed by atoms with Crippen molar-refractivity contribution in [1.82, 2.24) is 5.32 Å². The topological polar surface area (TPSA) is 46.2 Å². The van der Waals surface area contributed by atoms with E-state index in [-0.39, 0.29) is 18.2 Å². The molecule has 1 N–H and O–H groups in total.